The number of benzene rings is 1. The average Bonchev–Trinajstić information content (AvgIpc) is 2.30. The number of rotatable bonds is 2. The van der Waals surface area contributed by atoms with Crippen LogP contribution in [0.25, 0.3) is 0 Å². The third-order valence-electron chi connectivity index (χ3n) is 2.54. The van der Waals surface area contributed by atoms with Crippen LogP contribution in [0.2, 0.25) is 0 Å². The van der Waals surface area contributed by atoms with E-state index in [1.807, 2.05) is 36.4 Å². The summed E-state index contributed by atoms with van der Waals surface area (Å²) < 4.78 is 0.340. The Kier molecular flexibility index (Phi) is 3.48. The zero-order chi connectivity index (χ0) is 10.7. The molecule has 0 fully saturated rings. The molecule has 1 aliphatic rings. The van der Waals surface area contributed by atoms with Gasteiger partial charge < -0.3 is 0 Å². The fraction of sp³-hybridized carbons (Fsp3) is 0.154. The normalized spacial score (nSPS) is 21.5. The second-order valence-electron chi connectivity index (χ2n) is 3.56. The second-order valence-corrected chi connectivity index (χ2v) is 5.09. The molecule has 0 N–H and O–H groups in total. The monoisotopic (exact) mass is 273 g/mol. The molecule has 0 heterocycles. The van der Waals surface area contributed by atoms with Gasteiger partial charge in [0.15, 0.2) is 0 Å². The Hall–Kier alpha value is -0.747. The van der Waals surface area contributed by atoms with Crippen molar-refractivity contribution in [2.75, 3.05) is 0 Å². The van der Waals surface area contributed by atoms with E-state index >= 15 is 0 Å². The van der Waals surface area contributed by atoms with E-state index in [0.717, 1.165) is 0 Å². The summed E-state index contributed by atoms with van der Waals surface area (Å²) >= 11 is 1.39. The van der Waals surface area contributed by atoms with Crippen molar-refractivity contribution in [2.45, 2.75) is 3.63 Å². The van der Waals surface area contributed by atoms with E-state index in [4.69, 9.17) is 0 Å². The molecular weight excluding hydrogens is 263 g/mol. The molecule has 0 amide bonds. The molecule has 0 saturated carbocycles. The van der Waals surface area contributed by atoms with Gasteiger partial charge in [0.05, 0.1) is 0 Å². The van der Waals surface area contributed by atoms with Crippen molar-refractivity contribution in [1.29, 1.82) is 0 Å². The van der Waals surface area contributed by atoms with Gasteiger partial charge in [-0.15, -0.1) is 0 Å². The molecular formula is C13H11OZr. The summed E-state index contributed by atoms with van der Waals surface area (Å²) in [6, 6.07) is 10.3. The summed E-state index contributed by atoms with van der Waals surface area (Å²) in [5, 5.41) is 0. The standard InChI is InChI=1S/C13H11O.Zr/c14-13-9-5-4-8-12(13)10-11-6-2-1-3-7-11;/h1-10,12H;. The first kappa shape index (κ1) is 10.8. The van der Waals surface area contributed by atoms with E-state index in [1.54, 1.807) is 6.08 Å². The van der Waals surface area contributed by atoms with Crippen molar-refractivity contribution in [2.24, 2.45) is 5.92 Å². The number of carbonyl (C=O) groups excluding carboxylic acids is 1. The van der Waals surface area contributed by atoms with Crippen molar-refractivity contribution in [3.8, 4) is 0 Å². The summed E-state index contributed by atoms with van der Waals surface area (Å²) in [5.41, 5.74) is 1.26. The first-order chi connectivity index (χ1) is 7.29. The fourth-order valence-corrected chi connectivity index (χ4v) is 2.83. The molecule has 2 rings (SSSR count). The van der Waals surface area contributed by atoms with Crippen LogP contribution < -0.4 is 0 Å². The number of ketones is 1. The number of hydrogen-bond donors (Lipinski definition) is 0. The molecule has 1 nitrogen and oxygen atoms in total. The second kappa shape index (κ2) is 4.85. The van der Waals surface area contributed by atoms with Crippen molar-refractivity contribution in [3.05, 3.63) is 60.2 Å². The quantitative estimate of drug-likeness (QED) is 0.810. The third kappa shape index (κ3) is 2.44. The van der Waals surface area contributed by atoms with Crippen LogP contribution in [-0.4, -0.2) is 5.78 Å². The van der Waals surface area contributed by atoms with Crippen LogP contribution in [0.4, 0.5) is 0 Å². The number of carbonyl (C=O) groups is 1. The molecule has 15 heavy (non-hydrogen) atoms. The Labute approximate surface area is 105 Å². The molecule has 0 radical (unpaired) electrons. The molecule has 0 bridgehead atoms. The molecule has 1 aromatic rings. The summed E-state index contributed by atoms with van der Waals surface area (Å²) in [7, 11) is 0. The van der Waals surface area contributed by atoms with E-state index in [-0.39, 0.29) is 11.7 Å². The summed E-state index contributed by atoms with van der Waals surface area (Å²) in [6.07, 6.45) is 7.46. The molecule has 2 unspecified atom stereocenters. The Bertz CT molecular complexity index is 406. The molecule has 0 saturated heterocycles. The first-order valence-corrected chi connectivity index (χ1v) is 6.36. The van der Waals surface area contributed by atoms with Gasteiger partial charge in [-0.1, -0.05) is 0 Å². The fourth-order valence-electron chi connectivity index (χ4n) is 1.68. The van der Waals surface area contributed by atoms with E-state index in [0.29, 0.717) is 3.63 Å². The van der Waals surface area contributed by atoms with Gasteiger partial charge in [0.2, 0.25) is 0 Å². The molecule has 2 heteroatoms. The van der Waals surface area contributed by atoms with Gasteiger partial charge in [0.25, 0.3) is 0 Å². The molecule has 0 aromatic heterocycles. The first-order valence-electron chi connectivity index (χ1n) is 4.94. The van der Waals surface area contributed by atoms with E-state index in [2.05, 4.69) is 12.1 Å². The van der Waals surface area contributed by atoms with Gasteiger partial charge in [0, 0.05) is 0 Å². The van der Waals surface area contributed by atoms with Gasteiger partial charge in [-0.3, -0.25) is 0 Å². The van der Waals surface area contributed by atoms with Crippen LogP contribution in [0.3, 0.4) is 0 Å². The van der Waals surface area contributed by atoms with Gasteiger partial charge >= 0.3 is 105 Å². The Balaban J connectivity index is 2.22. The minimum absolute atomic E-state index is 0.0376. The van der Waals surface area contributed by atoms with Crippen LogP contribution in [0, 0.1) is 5.92 Å². The predicted molar refractivity (Wildman–Crippen MR) is 56.0 cm³/mol. The molecule has 1 aliphatic carbocycles. The van der Waals surface area contributed by atoms with Crippen molar-refractivity contribution in [3.63, 3.8) is 0 Å². The summed E-state index contributed by atoms with van der Waals surface area (Å²) in [5.74, 6) is 0.263. The van der Waals surface area contributed by atoms with E-state index < -0.39 is 0 Å². The van der Waals surface area contributed by atoms with Crippen molar-refractivity contribution < 1.29 is 29.5 Å². The number of hydrogen-bond acceptors (Lipinski definition) is 1. The van der Waals surface area contributed by atoms with Crippen LogP contribution in [-0.2, 0) is 29.5 Å². The van der Waals surface area contributed by atoms with Crippen LogP contribution in [0.5, 0.6) is 0 Å². The number of allylic oxidation sites excluding steroid dienone is 4. The minimum atomic E-state index is 0.0376. The molecule has 0 spiro atoms. The summed E-state index contributed by atoms with van der Waals surface area (Å²) in [6.45, 7) is 0. The van der Waals surface area contributed by atoms with Gasteiger partial charge in [-0.2, -0.15) is 0 Å². The summed E-state index contributed by atoms with van der Waals surface area (Å²) in [4.78, 5) is 11.7. The van der Waals surface area contributed by atoms with Crippen LogP contribution >= 0.6 is 0 Å². The third-order valence-corrected chi connectivity index (χ3v) is 4.24. The van der Waals surface area contributed by atoms with Gasteiger partial charge in [-0.05, 0) is 0 Å². The molecule has 73 valence electrons. The van der Waals surface area contributed by atoms with Crippen molar-refractivity contribution in [1.82, 2.24) is 0 Å². The van der Waals surface area contributed by atoms with Gasteiger partial charge in [-0.25, -0.2) is 0 Å². The molecule has 2 atom stereocenters. The predicted octanol–water partition coefficient (Wildman–Crippen LogP) is 2.59. The van der Waals surface area contributed by atoms with Crippen molar-refractivity contribution >= 4 is 5.78 Å². The van der Waals surface area contributed by atoms with E-state index in [1.165, 1.54) is 30.3 Å². The average molecular weight is 274 g/mol. The Morgan fingerprint density at radius 3 is 2.53 bits per heavy atom. The Morgan fingerprint density at radius 1 is 1.13 bits per heavy atom. The Morgan fingerprint density at radius 2 is 1.87 bits per heavy atom. The van der Waals surface area contributed by atoms with Crippen LogP contribution in [0.1, 0.15) is 9.19 Å². The molecule has 0 aliphatic heterocycles. The maximum atomic E-state index is 11.7. The zero-order valence-electron chi connectivity index (χ0n) is 8.26. The topological polar surface area (TPSA) is 17.1 Å². The SMILES string of the molecule is O=C1C=CC=CC1[CH]([Zr])c1ccccc1. The van der Waals surface area contributed by atoms with E-state index in [9.17, 15) is 4.79 Å². The zero-order valence-corrected chi connectivity index (χ0v) is 10.7. The van der Waals surface area contributed by atoms with Gasteiger partial charge in [0.1, 0.15) is 0 Å². The van der Waals surface area contributed by atoms with Crippen LogP contribution in [0.15, 0.2) is 54.6 Å². The maximum absolute atomic E-state index is 11.7. The molecule has 1 aromatic carbocycles.